The first-order chi connectivity index (χ1) is 10.1. The number of rotatable bonds is 7. The monoisotopic (exact) mass is 292 g/mol. The first kappa shape index (κ1) is 15.2. The van der Waals surface area contributed by atoms with Gasteiger partial charge in [0.05, 0.1) is 0 Å². The van der Waals surface area contributed by atoms with Gasteiger partial charge in [-0.05, 0) is 18.4 Å². The normalized spacial score (nSPS) is 11.0. The maximum absolute atomic E-state index is 11.8. The minimum absolute atomic E-state index is 0.0418. The van der Waals surface area contributed by atoms with Gasteiger partial charge in [-0.2, -0.15) is 10.1 Å². The summed E-state index contributed by atoms with van der Waals surface area (Å²) >= 11 is 0. The van der Waals surface area contributed by atoms with Gasteiger partial charge in [0, 0.05) is 12.1 Å². The number of hydrogen-bond donors (Lipinski definition) is 1. The standard InChI is InChI=1S/C14H20N4O3/c1-4-5-10-7-11(17-16-10)14(19)20-8-13-15-12(18-21-13)6-9(2)3/h7,9H,4-6,8H2,1-3H3,(H,16,17). The van der Waals surface area contributed by atoms with Crippen LogP contribution in [0.2, 0.25) is 0 Å². The second kappa shape index (κ2) is 7.01. The van der Waals surface area contributed by atoms with Crippen molar-refractivity contribution in [1.82, 2.24) is 20.3 Å². The van der Waals surface area contributed by atoms with Crippen molar-refractivity contribution in [3.63, 3.8) is 0 Å². The molecule has 114 valence electrons. The number of carbonyl (C=O) groups is 1. The van der Waals surface area contributed by atoms with Crippen molar-refractivity contribution in [2.45, 2.75) is 46.6 Å². The third-order valence-corrected chi connectivity index (χ3v) is 2.79. The highest BCUT2D eigenvalue weighted by atomic mass is 16.6. The Bertz CT molecular complexity index is 589. The average molecular weight is 292 g/mol. The molecule has 0 amide bonds. The molecule has 0 aliphatic heterocycles. The molecule has 0 unspecified atom stereocenters. The molecule has 0 saturated carbocycles. The molecule has 7 nitrogen and oxygen atoms in total. The van der Waals surface area contributed by atoms with Gasteiger partial charge < -0.3 is 9.26 Å². The Morgan fingerprint density at radius 3 is 3.00 bits per heavy atom. The van der Waals surface area contributed by atoms with E-state index >= 15 is 0 Å². The van der Waals surface area contributed by atoms with E-state index < -0.39 is 5.97 Å². The Kier molecular flexibility index (Phi) is 5.08. The zero-order valence-electron chi connectivity index (χ0n) is 12.5. The van der Waals surface area contributed by atoms with E-state index in [0.717, 1.165) is 25.0 Å². The lowest BCUT2D eigenvalue weighted by atomic mass is 10.1. The molecule has 2 heterocycles. The van der Waals surface area contributed by atoms with Crippen molar-refractivity contribution >= 4 is 5.97 Å². The quantitative estimate of drug-likeness (QED) is 0.787. The number of hydrogen-bond acceptors (Lipinski definition) is 6. The fourth-order valence-electron chi connectivity index (χ4n) is 1.86. The summed E-state index contributed by atoms with van der Waals surface area (Å²) in [5, 5.41) is 10.6. The predicted octanol–water partition coefficient (Wildman–Crippen LogP) is 2.30. The predicted molar refractivity (Wildman–Crippen MR) is 74.5 cm³/mol. The van der Waals surface area contributed by atoms with Gasteiger partial charge in [0.2, 0.25) is 0 Å². The molecule has 21 heavy (non-hydrogen) atoms. The van der Waals surface area contributed by atoms with Gasteiger partial charge in [0.25, 0.3) is 5.89 Å². The molecule has 7 heteroatoms. The molecule has 0 bridgehead atoms. The van der Waals surface area contributed by atoms with Gasteiger partial charge >= 0.3 is 5.97 Å². The number of ether oxygens (including phenoxy) is 1. The van der Waals surface area contributed by atoms with E-state index in [1.165, 1.54) is 0 Å². The fraction of sp³-hybridized carbons (Fsp3) is 0.571. The van der Waals surface area contributed by atoms with Gasteiger partial charge in [-0.15, -0.1) is 0 Å². The van der Waals surface area contributed by atoms with E-state index in [9.17, 15) is 4.79 Å². The summed E-state index contributed by atoms with van der Waals surface area (Å²) in [7, 11) is 0. The summed E-state index contributed by atoms with van der Waals surface area (Å²) in [4.78, 5) is 16.0. The Labute approximate surface area is 123 Å². The molecule has 0 atom stereocenters. The molecule has 2 aromatic rings. The van der Waals surface area contributed by atoms with Crippen molar-refractivity contribution in [2.24, 2.45) is 5.92 Å². The highest BCUT2D eigenvalue weighted by Gasteiger charge is 2.14. The number of carbonyl (C=O) groups excluding carboxylic acids is 1. The highest BCUT2D eigenvalue weighted by molar-refractivity contribution is 5.87. The zero-order valence-corrected chi connectivity index (χ0v) is 12.5. The van der Waals surface area contributed by atoms with Crippen molar-refractivity contribution in [2.75, 3.05) is 0 Å². The number of H-pyrrole nitrogens is 1. The maximum Gasteiger partial charge on any atom is 0.359 e. The third-order valence-electron chi connectivity index (χ3n) is 2.79. The second-order valence-electron chi connectivity index (χ2n) is 5.31. The molecular formula is C14H20N4O3. The number of aromatic amines is 1. The summed E-state index contributed by atoms with van der Waals surface area (Å²) in [6, 6.07) is 1.70. The number of nitrogens with one attached hydrogen (secondary N) is 1. The third kappa shape index (κ3) is 4.40. The maximum atomic E-state index is 11.8. The molecule has 2 aromatic heterocycles. The smallest absolute Gasteiger partial charge is 0.359 e. The van der Waals surface area contributed by atoms with Crippen LogP contribution in [0.5, 0.6) is 0 Å². The second-order valence-corrected chi connectivity index (χ2v) is 5.31. The molecule has 0 aliphatic carbocycles. The Morgan fingerprint density at radius 2 is 2.29 bits per heavy atom. The van der Waals surface area contributed by atoms with Crippen LogP contribution >= 0.6 is 0 Å². The van der Waals surface area contributed by atoms with Crippen LogP contribution < -0.4 is 0 Å². The van der Waals surface area contributed by atoms with E-state index in [1.54, 1.807) is 6.07 Å². The lowest BCUT2D eigenvalue weighted by molar-refractivity contribution is 0.0423. The van der Waals surface area contributed by atoms with Crippen molar-refractivity contribution in [3.8, 4) is 0 Å². The van der Waals surface area contributed by atoms with Crippen LogP contribution in [-0.2, 0) is 24.2 Å². The van der Waals surface area contributed by atoms with Gasteiger partial charge in [-0.25, -0.2) is 4.79 Å². The number of esters is 1. The molecule has 0 fully saturated rings. The van der Waals surface area contributed by atoms with Gasteiger partial charge in [-0.3, -0.25) is 5.10 Å². The SMILES string of the molecule is CCCc1cc(C(=O)OCc2nc(CC(C)C)no2)n[nH]1. The van der Waals surface area contributed by atoms with Crippen LogP contribution in [0.25, 0.3) is 0 Å². The number of nitrogens with zero attached hydrogens (tertiary/aromatic N) is 3. The molecule has 0 aromatic carbocycles. The van der Waals surface area contributed by atoms with Crippen LogP contribution in [0.15, 0.2) is 10.6 Å². The van der Waals surface area contributed by atoms with Crippen molar-refractivity contribution in [1.29, 1.82) is 0 Å². The summed E-state index contributed by atoms with van der Waals surface area (Å²) in [6.07, 6.45) is 2.57. The van der Waals surface area contributed by atoms with E-state index in [4.69, 9.17) is 9.26 Å². The zero-order chi connectivity index (χ0) is 15.2. The number of aryl methyl sites for hydroxylation is 1. The molecule has 0 radical (unpaired) electrons. The highest BCUT2D eigenvalue weighted by Crippen LogP contribution is 2.08. The van der Waals surface area contributed by atoms with E-state index in [1.807, 2.05) is 0 Å². The van der Waals surface area contributed by atoms with E-state index in [2.05, 4.69) is 41.1 Å². The van der Waals surface area contributed by atoms with Gasteiger partial charge in [0.1, 0.15) is 0 Å². The van der Waals surface area contributed by atoms with Gasteiger partial charge in [0.15, 0.2) is 18.1 Å². The molecule has 0 spiro atoms. The summed E-state index contributed by atoms with van der Waals surface area (Å²) < 4.78 is 10.1. The van der Waals surface area contributed by atoms with Crippen LogP contribution in [0.3, 0.4) is 0 Å². The minimum Gasteiger partial charge on any atom is -0.451 e. The Hall–Kier alpha value is -2.18. The summed E-state index contributed by atoms with van der Waals surface area (Å²) in [6.45, 7) is 6.16. The first-order valence-electron chi connectivity index (χ1n) is 7.11. The molecule has 0 aliphatic rings. The lowest BCUT2D eigenvalue weighted by Gasteiger charge is -1.98. The largest absolute Gasteiger partial charge is 0.451 e. The molecule has 1 N–H and O–H groups in total. The number of aromatic nitrogens is 4. The molecular weight excluding hydrogens is 272 g/mol. The average Bonchev–Trinajstić information content (AvgIpc) is 3.05. The van der Waals surface area contributed by atoms with E-state index in [-0.39, 0.29) is 12.3 Å². The molecule has 0 saturated heterocycles. The Morgan fingerprint density at radius 1 is 1.48 bits per heavy atom. The minimum atomic E-state index is -0.503. The van der Waals surface area contributed by atoms with Crippen molar-refractivity contribution < 1.29 is 14.1 Å². The summed E-state index contributed by atoms with van der Waals surface area (Å²) in [5.74, 6) is 0.862. The first-order valence-corrected chi connectivity index (χ1v) is 7.11. The molecule has 2 rings (SSSR count). The van der Waals surface area contributed by atoms with Crippen LogP contribution in [-0.4, -0.2) is 26.3 Å². The topological polar surface area (TPSA) is 93.9 Å². The van der Waals surface area contributed by atoms with Crippen LogP contribution in [0.1, 0.15) is 55.1 Å². The van der Waals surface area contributed by atoms with E-state index in [0.29, 0.717) is 17.6 Å². The van der Waals surface area contributed by atoms with Crippen LogP contribution in [0.4, 0.5) is 0 Å². The van der Waals surface area contributed by atoms with Crippen LogP contribution in [0, 0.1) is 5.92 Å². The Balaban J connectivity index is 1.86. The van der Waals surface area contributed by atoms with Crippen molar-refractivity contribution in [3.05, 3.63) is 29.2 Å². The summed E-state index contributed by atoms with van der Waals surface area (Å²) in [5.41, 5.74) is 1.18. The lowest BCUT2D eigenvalue weighted by Crippen LogP contribution is -2.06. The van der Waals surface area contributed by atoms with Gasteiger partial charge in [-0.1, -0.05) is 32.3 Å². The fourth-order valence-corrected chi connectivity index (χ4v) is 1.86.